The third-order valence-electron chi connectivity index (χ3n) is 3.33. The Hall–Kier alpha value is -0.830. The Bertz CT molecular complexity index is 306. The minimum absolute atomic E-state index is 0.515. The fraction of sp³-hybridized carbons (Fsp3) is 0.786. The molecule has 2 atom stereocenters. The van der Waals surface area contributed by atoms with Crippen LogP contribution in [0.2, 0.25) is 0 Å². The molecule has 2 unspecified atom stereocenters. The molecule has 3 heteroatoms. The Balaban J connectivity index is 2.37. The summed E-state index contributed by atoms with van der Waals surface area (Å²) in [7, 11) is 0. The molecule has 17 heavy (non-hydrogen) atoms. The first-order valence-electron chi connectivity index (χ1n) is 6.92. The van der Waals surface area contributed by atoms with Crippen LogP contribution in [0.15, 0.2) is 12.3 Å². The van der Waals surface area contributed by atoms with Crippen molar-refractivity contribution < 1.29 is 0 Å². The van der Waals surface area contributed by atoms with E-state index in [0.29, 0.717) is 12.0 Å². The highest BCUT2D eigenvalue weighted by atomic mass is 15.3. The number of aromatic nitrogens is 2. The molecule has 1 aromatic rings. The number of rotatable bonds is 8. The lowest BCUT2D eigenvalue weighted by molar-refractivity contribution is 0.460. The van der Waals surface area contributed by atoms with Gasteiger partial charge in [0.15, 0.2) is 0 Å². The summed E-state index contributed by atoms with van der Waals surface area (Å²) < 4.78 is 2.09. The zero-order valence-corrected chi connectivity index (χ0v) is 11.7. The molecular formula is C14H27N3. The molecule has 0 amide bonds. The Morgan fingerprint density at radius 3 is 2.76 bits per heavy atom. The molecule has 0 aliphatic rings. The Labute approximate surface area is 106 Å². The molecule has 0 aliphatic carbocycles. The number of hydrogen-bond donors (Lipinski definition) is 1. The summed E-state index contributed by atoms with van der Waals surface area (Å²) in [5.41, 5.74) is 1.23. The highest BCUT2D eigenvalue weighted by molar-refractivity contribution is 5.00. The second-order valence-corrected chi connectivity index (χ2v) is 5.00. The van der Waals surface area contributed by atoms with Gasteiger partial charge < -0.3 is 5.32 Å². The largest absolute Gasteiger partial charge is 0.317 e. The van der Waals surface area contributed by atoms with Gasteiger partial charge in [-0.3, -0.25) is 4.68 Å². The standard InChI is InChI=1S/C14H27N3/c1-5-13(4)17-10-8-14(16-17)11-12(3)7-9-15-6-2/h8,10,12-13,15H,5-7,9,11H2,1-4H3. The van der Waals surface area contributed by atoms with Crippen molar-refractivity contribution >= 4 is 0 Å². The third kappa shape index (κ3) is 4.90. The summed E-state index contributed by atoms with van der Waals surface area (Å²) in [6.45, 7) is 11.0. The lowest BCUT2D eigenvalue weighted by atomic mass is 10.0. The minimum atomic E-state index is 0.515. The van der Waals surface area contributed by atoms with Gasteiger partial charge in [-0.05, 0) is 51.3 Å². The molecule has 0 aromatic carbocycles. The second-order valence-electron chi connectivity index (χ2n) is 5.00. The van der Waals surface area contributed by atoms with E-state index in [2.05, 4.69) is 55.1 Å². The topological polar surface area (TPSA) is 29.9 Å². The molecule has 0 saturated carbocycles. The summed E-state index contributed by atoms with van der Waals surface area (Å²) in [6.07, 6.45) is 5.57. The van der Waals surface area contributed by atoms with Crippen LogP contribution in [-0.2, 0) is 6.42 Å². The van der Waals surface area contributed by atoms with Gasteiger partial charge in [0, 0.05) is 12.2 Å². The van der Waals surface area contributed by atoms with Gasteiger partial charge in [0.2, 0.25) is 0 Å². The van der Waals surface area contributed by atoms with E-state index in [9.17, 15) is 0 Å². The fourth-order valence-corrected chi connectivity index (χ4v) is 1.90. The van der Waals surface area contributed by atoms with E-state index < -0.39 is 0 Å². The second kappa shape index (κ2) is 7.49. The van der Waals surface area contributed by atoms with E-state index in [0.717, 1.165) is 25.9 Å². The van der Waals surface area contributed by atoms with Crippen molar-refractivity contribution in [2.75, 3.05) is 13.1 Å². The zero-order valence-electron chi connectivity index (χ0n) is 11.7. The van der Waals surface area contributed by atoms with Crippen LogP contribution >= 0.6 is 0 Å². The van der Waals surface area contributed by atoms with Gasteiger partial charge in [-0.2, -0.15) is 5.10 Å². The van der Waals surface area contributed by atoms with E-state index >= 15 is 0 Å². The first-order chi connectivity index (χ1) is 8.17. The van der Waals surface area contributed by atoms with E-state index in [1.165, 1.54) is 12.1 Å². The van der Waals surface area contributed by atoms with Crippen molar-refractivity contribution in [3.63, 3.8) is 0 Å². The van der Waals surface area contributed by atoms with E-state index in [1.807, 2.05) is 0 Å². The van der Waals surface area contributed by atoms with Crippen LogP contribution in [0.1, 0.15) is 52.3 Å². The Morgan fingerprint density at radius 1 is 1.35 bits per heavy atom. The molecule has 0 aliphatic heterocycles. The average molecular weight is 237 g/mol. The molecular weight excluding hydrogens is 210 g/mol. The van der Waals surface area contributed by atoms with Gasteiger partial charge in [0.1, 0.15) is 0 Å². The first kappa shape index (κ1) is 14.2. The molecule has 1 aromatic heterocycles. The van der Waals surface area contributed by atoms with Crippen molar-refractivity contribution in [2.45, 2.75) is 53.0 Å². The van der Waals surface area contributed by atoms with Crippen molar-refractivity contribution in [2.24, 2.45) is 5.92 Å². The fourth-order valence-electron chi connectivity index (χ4n) is 1.90. The lowest BCUT2D eigenvalue weighted by Crippen LogP contribution is -2.17. The SMILES string of the molecule is CCNCCC(C)Cc1ccn(C(C)CC)n1. The summed E-state index contributed by atoms with van der Waals surface area (Å²) in [5, 5.41) is 8.02. The van der Waals surface area contributed by atoms with Gasteiger partial charge in [-0.15, -0.1) is 0 Å². The Morgan fingerprint density at radius 2 is 2.12 bits per heavy atom. The monoisotopic (exact) mass is 237 g/mol. The van der Waals surface area contributed by atoms with E-state index in [-0.39, 0.29) is 0 Å². The quantitative estimate of drug-likeness (QED) is 0.704. The van der Waals surface area contributed by atoms with Crippen LogP contribution in [0.25, 0.3) is 0 Å². The number of hydrogen-bond acceptors (Lipinski definition) is 2. The van der Waals surface area contributed by atoms with Crippen LogP contribution in [0.5, 0.6) is 0 Å². The Kier molecular flexibility index (Phi) is 6.27. The summed E-state index contributed by atoms with van der Waals surface area (Å²) >= 11 is 0. The molecule has 1 N–H and O–H groups in total. The minimum Gasteiger partial charge on any atom is -0.317 e. The maximum Gasteiger partial charge on any atom is 0.0627 e. The van der Waals surface area contributed by atoms with Crippen molar-refractivity contribution in [3.8, 4) is 0 Å². The highest BCUT2D eigenvalue weighted by Gasteiger charge is 2.08. The first-order valence-corrected chi connectivity index (χ1v) is 6.92. The molecule has 1 rings (SSSR count). The molecule has 0 spiro atoms. The van der Waals surface area contributed by atoms with Gasteiger partial charge in [-0.1, -0.05) is 20.8 Å². The summed E-state index contributed by atoms with van der Waals surface area (Å²) in [6, 6.07) is 2.68. The predicted octanol–water partition coefficient (Wildman–Crippen LogP) is 3.03. The maximum atomic E-state index is 4.65. The highest BCUT2D eigenvalue weighted by Crippen LogP contribution is 2.13. The normalized spacial score (nSPS) is 14.8. The smallest absolute Gasteiger partial charge is 0.0627 e. The molecule has 0 radical (unpaired) electrons. The average Bonchev–Trinajstić information content (AvgIpc) is 2.77. The zero-order chi connectivity index (χ0) is 12.7. The molecule has 0 bridgehead atoms. The molecule has 0 fully saturated rings. The molecule has 3 nitrogen and oxygen atoms in total. The summed E-state index contributed by atoms with van der Waals surface area (Å²) in [5.74, 6) is 0.703. The molecule has 98 valence electrons. The molecule has 0 saturated heterocycles. The van der Waals surface area contributed by atoms with E-state index in [4.69, 9.17) is 0 Å². The van der Waals surface area contributed by atoms with E-state index in [1.54, 1.807) is 0 Å². The van der Waals surface area contributed by atoms with Gasteiger partial charge in [0.25, 0.3) is 0 Å². The van der Waals surface area contributed by atoms with Crippen LogP contribution < -0.4 is 5.32 Å². The predicted molar refractivity (Wildman–Crippen MR) is 73.3 cm³/mol. The number of nitrogens with zero attached hydrogens (tertiary/aromatic N) is 2. The van der Waals surface area contributed by atoms with Gasteiger partial charge in [-0.25, -0.2) is 0 Å². The lowest BCUT2D eigenvalue weighted by Gasteiger charge is -2.11. The summed E-state index contributed by atoms with van der Waals surface area (Å²) in [4.78, 5) is 0. The third-order valence-corrected chi connectivity index (χ3v) is 3.33. The van der Waals surface area contributed by atoms with Crippen LogP contribution in [0, 0.1) is 5.92 Å². The van der Waals surface area contributed by atoms with Crippen molar-refractivity contribution in [1.82, 2.24) is 15.1 Å². The number of nitrogens with one attached hydrogen (secondary N) is 1. The van der Waals surface area contributed by atoms with Crippen LogP contribution in [0.3, 0.4) is 0 Å². The van der Waals surface area contributed by atoms with Gasteiger partial charge in [0.05, 0.1) is 5.69 Å². The van der Waals surface area contributed by atoms with Crippen molar-refractivity contribution in [3.05, 3.63) is 18.0 Å². The molecule has 1 heterocycles. The van der Waals surface area contributed by atoms with Crippen molar-refractivity contribution in [1.29, 1.82) is 0 Å². The van der Waals surface area contributed by atoms with Crippen LogP contribution in [-0.4, -0.2) is 22.9 Å². The maximum absolute atomic E-state index is 4.65. The van der Waals surface area contributed by atoms with Crippen LogP contribution in [0.4, 0.5) is 0 Å². The van der Waals surface area contributed by atoms with Gasteiger partial charge >= 0.3 is 0 Å².